The molecule has 0 saturated carbocycles. The largest absolute Gasteiger partial charge is 0.453 e. The second-order valence-electron chi connectivity index (χ2n) is 6.56. The molecule has 4 aromatic rings. The maximum absolute atomic E-state index is 14.3. The summed E-state index contributed by atoms with van der Waals surface area (Å²) < 4.78 is 21.3. The molecule has 0 aliphatic rings. The van der Waals surface area contributed by atoms with Gasteiger partial charge < -0.3 is 10.1 Å². The summed E-state index contributed by atoms with van der Waals surface area (Å²) in [6.45, 7) is 1.89. The first-order chi connectivity index (χ1) is 15.1. The highest BCUT2D eigenvalue weighted by atomic mass is 19.1. The first kappa shape index (κ1) is 19.9. The van der Waals surface area contributed by atoms with E-state index in [1.54, 1.807) is 36.5 Å². The average molecular weight is 416 g/mol. The van der Waals surface area contributed by atoms with E-state index in [0.29, 0.717) is 17.0 Å². The highest BCUT2D eigenvalue weighted by molar-refractivity contribution is 6.02. The lowest BCUT2D eigenvalue weighted by atomic mass is 10.1. The van der Waals surface area contributed by atoms with Gasteiger partial charge in [0, 0.05) is 18.0 Å². The van der Waals surface area contributed by atoms with Crippen LogP contribution in [-0.4, -0.2) is 31.1 Å². The van der Waals surface area contributed by atoms with Crippen molar-refractivity contribution in [2.45, 2.75) is 6.92 Å². The van der Waals surface area contributed by atoms with Gasteiger partial charge in [-0.1, -0.05) is 6.07 Å². The number of amides is 1. The minimum atomic E-state index is -0.541. The van der Waals surface area contributed by atoms with Gasteiger partial charge >= 0.3 is 0 Å². The van der Waals surface area contributed by atoms with Gasteiger partial charge in [0.25, 0.3) is 0 Å². The van der Waals surface area contributed by atoms with Gasteiger partial charge in [0.05, 0.1) is 11.9 Å². The summed E-state index contributed by atoms with van der Waals surface area (Å²) in [7, 11) is 0. The number of nitrogens with one attached hydrogen (secondary N) is 1. The number of ether oxygens (including phenoxy) is 1. The number of hydrogen-bond donors (Lipinski definition) is 1. The standard InChI is InChI=1S/C22H17FN6O2/c1-15-11-17(6-7-20(15)29-14-25-27-28-29)26-22(30)9-5-16-4-8-21(19(23)12-16)31-18-3-2-10-24-13-18/h2-14H,1H3,(H,26,30)/b9-5+. The van der Waals surface area contributed by atoms with E-state index in [-0.39, 0.29) is 11.7 Å². The number of nitrogens with zero attached hydrogens (tertiary/aromatic N) is 5. The van der Waals surface area contributed by atoms with Crippen molar-refractivity contribution in [1.29, 1.82) is 0 Å². The lowest BCUT2D eigenvalue weighted by Crippen LogP contribution is -2.08. The second-order valence-corrected chi connectivity index (χ2v) is 6.56. The molecule has 8 nitrogen and oxygen atoms in total. The van der Waals surface area contributed by atoms with Crippen molar-refractivity contribution in [3.8, 4) is 17.2 Å². The molecule has 0 bridgehead atoms. The van der Waals surface area contributed by atoms with Crippen LogP contribution in [0.15, 0.2) is 73.3 Å². The fourth-order valence-corrected chi connectivity index (χ4v) is 2.86. The SMILES string of the molecule is Cc1cc(NC(=O)/C=C/c2ccc(Oc3cccnc3)c(F)c2)ccc1-n1cnnn1. The number of hydrogen-bond acceptors (Lipinski definition) is 6. The summed E-state index contributed by atoms with van der Waals surface area (Å²) in [5, 5.41) is 13.8. The number of aromatic nitrogens is 5. The van der Waals surface area contributed by atoms with Gasteiger partial charge in [-0.25, -0.2) is 9.07 Å². The average Bonchev–Trinajstić information content (AvgIpc) is 3.29. The van der Waals surface area contributed by atoms with E-state index in [9.17, 15) is 9.18 Å². The number of carbonyl (C=O) groups is 1. The molecule has 9 heteroatoms. The van der Waals surface area contributed by atoms with Crippen LogP contribution in [0.25, 0.3) is 11.8 Å². The molecule has 0 spiro atoms. The quantitative estimate of drug-likeness (QED) is 0.478. The minimum Gasteiger partial charge on any atom is -0.453 e. The molecule has 2 heterocycles. The first-order valence-electron chi connectivity index (χ1n) is 9.29. The summed E-state index contributed by atoms with van der Waals surface area (Å²) in [4.78, 5) is 16.2. The number of benzene rings is 2. The third-order valence-corrected chi connectivity index (χ3v) is 4.31. The zero-order chi connectivity index (χ0) is 21.6. The van der Waals surface area contributed by atoms with Crippen molar-refractivity contribution in [2.24, 2.45) is 0 Å². The predicted octanol–water partition coefficient (Wildman–Crippen LogP) is 3.95. The molecule has 2 aromatic carbocycles. The van der Waals surface area contributed by atoms with Crippen LogP contribution in [0.3, 0.4) is 0 Å². The van der Waals surface area contributed by atoms with Crippen LogP contribution in [0.4, 0.5) is 10.1 Å². The molecule has 1 amide bonds. The molecule has 0 radical (unpaired) electrons. The second kappa shape index (κ2) is 8.95. The Bertz CT molecular complexity index is 1230. The number of tetrazole rings is 1. The van der Waals surface area contributed by atoms with Crippen LogP contribution < -0.4 is 10.1 Å². The molecule has 0 aliphatic heterocycles. The van der Waals surface area contributed by atoms with Crippen molar-refractivity contribution >= 4 is 17.7 Å². The zero-order valence-corrected chi connectivity index (χ0v) is 16.4. The summed E-state index contributed by atoms with van der Waals surface area (Å²) in [5.74, 6) is -0.371. The van der Waals surface area contributed by atoms with E-state index in [4.69, 9.17) is 4.74 Å². The fraction of sp³-hybridized carbons (Fsp3) is 0.0455. The molecule has 0 atom stereocenters. The van der Waals surface area contributed by atoms with E-state index in [2.05, 4.69) is 25.8 Å². The highest BCUT2D eigenvalue weighted by Crippen LogP contribution is 2.25. The summed E-state index contributed by atoms with van der Waals surface area (Å²) in [5.41, 5.74) is 2.84. The minimum absolute atomic E-state index is 0.0766. The Morgan fingerprint density at radius 1 is 1.19 bits per heavy atom. The molecule has 0 unspecified atom stereocenters. The van der Waals surface area contributed by atoms with E-state index < -0.39 is 5.82 Å². The van der Waals surface area contributed by atoms with Crippen molar-refractivity contribution in [2.75, 3.05) is 5.32 Å². The zero-order valence-electron chi connectivity index (χ0n) is 16.4. The number of carbonyl (C=O) groups excluding carboxylic acids is 1. The summed E-state index contributed by atoms with van der Waals surface area (Å²) >= 11 is 0. The normalized spacial score (nSPS) is 10.9. The number of pyridine rings is 1. The number of halogens is 1. The van der Waals surface area contributed by atoms with Gasteiger partial charge in [0.1, 0.15) is 12.1 Å². The number of aryl methyl sites for hydroxylation is 1. The first-order valence-corrected chi connectivity index (χ1v) is 9.29. The molecular formula is C22H17FN6O2. The van der Waals surface area contributed by atoms with Gasteiger partial charge in [-0.05, 0) is 77.0 Å². The molecule has 1 N–H and O–H groups in total. The fourth-order valence-electron chi connectivity index (χ4n) is 2.86. The van der Waals surface area contributed by atoms with Gasteiger partial charge in [-0.15, -0.1) is 5.10 Å². The maximum atomic E-state index is 14.3. The Morgan fingerprint density at radius 2 is 2.10 bits per heavy atom. The van der Waals surface area contributed by atoms with Crippen LogP contribution in [-0.2, 0) is 4.79 Å². The van der Waals surface area contributed by atoms with Gasteiger partial charge in [0.15, 0.2) is 11.6 Å². The molecule has 0 fully saturated rings. The smallest absolute Gasteiger partial charge is 0.248 e. The van der Waals surface area contributed by atoms with E-state index in [0.717, 1.165) is 11.3 Å². The van der Waals surface area contributed by atoms with Gasteiger partial charge in [-0.3, -0.25) is 9.78 Å². The molecule has 2 aromatic heterocycles. The third-order valence-electron chi connectivity index (χ3n) is 4.31. The van der Waals surface area contributed by atoms with Crippen LogP contribution in [0, 0.1) is 12.7 Å². The van der Waals surface area contributed by atoms with E-state index in [1.807, 2.05) is 13.0 Å². The summed E-state index contributed by atoms with van der Waals surface area (Å²) in [6.07, 6.45) is 7.45. The Labute approximate surface area is 177 Å². The molecule has 31 heavy (non-hydrogen) atoms. The number of anilines is 1. The third kappa shape index (κ3) is 4.96. The molecule has 4 rings (SSSR count). The van der Waals surface area contributed by atoms with Crippen LogP contribution >= 0.6 is 0 Å². The Kier molecular flexibility index (Phi) is 5.75. The Balaban J connectivity index is 1.40. The van der Waals surface area contributed by atoms with Crippen LogP contribution in [0.2, 0.25) is 0 Å². The Hall–Kier alpha value is -4.40. The lowest BCUT2D eigenvalue weighted by molar-refractivity contribution is -0.111. The van der Waals surface area contributed by atoms with Crippen LogP contribution in [0.1, 0.15) is 11.1 Å². The monoisotopic (exact) mass is 416 g/mol. The van der Waals surface area contributed by atoms with E-state index >= 15 is 0 Å². The van der Waals surface area contributed by atoms with Crippen molar-refractivity contribution < 1.29 is 13.9 Å². The lowest BCUT2D eigenvalue weighted by Gasteiger charge is -2.08. The van der Waals surface area contributed by atoms with Crippen molar-refractivity contribution in [3.63, 3.8) is 0 Å². The predicted molar refractivity (Wildman–Crippen MR) is 112 cm³/mol. The molecule has 0 aliphatic carbocycles. The summed E-state index contributed by atoms with van der Waals surface area (Å²) in [6, 6.07) is 13.2. The molecule has 154 valence electrons. The van der Waals surface area contributed by atoms with Crippen molar-refractivity contribution in [1.82, 2.24) is 25.2 Å². The molecular weight excluding hydrogens is 399 g/mol. The molecule has 0 saturated heterocycles. The number of rotatable bonds is 6. The van der Waals surface area contributed by atoms with Crippen molar-refractivity contribution in [3.05, 3.63) is 90.3 Å². The van der Waals surface area contributed by atoms with E-state index in [1.165, 1.54) is 41.5 Å². The maximum Gasteiger partial charge on any atom is 0.248 e. The topological polar surface area (TPSA) is 94.8 Å². The highest BCUT2D eigenvalue weighted by Gasteiger charge is 2.07. The Morgan fingerprint density at radius 3 is 2.81 bits per heavy atom. The van der Waals surface area contributed by atoms with Gasteiger partial charge in [-0.2, -0.15) is 0 Å². The van der Waals surface area contributed by atoms with Crippen LogP contribution in [0.5, 0.6) is 11.5 Å². The van der Waals surface area contributed by atoms with Gasteiger partial charge in [0.2, 0.25) is 5.91 Å².